The molecule has 2 aliphatic rings. The first-order valence-electron chi connectivity index (χ1n) is 23.2. The van der Waals surface area contributed by atoms with E-state index in [9.17, 15) is 36.6 Å². The number of ether oxygens (including phenoxy) is 2. The van der Waals surface area contributed by atoms with Crippen molar-refractivity contribution in [3.8, 4) is 11.5 Å². The highest BCUT2D eigenvalue weighted by Crippen LogP contribution is 2.48. The zero-order valence-corrected chi connectivity index (χ0v) is 40.4. The molecule has 16 heteroatoms. The molecule has 368 valence electrons. The van der Waals surface area contributed by atoms with E-state index in [-0.39, 0.29) is 34.4 Å². The Labute approximate surface area is 394 Å². The molecule has 2 aromatic heterocycles. The van der Waals surface area contributed by atoms with Crippen molar-refractivity contribution >= 4 is 45.3 Å². The van der Waals surface area contributed by atoms with E-state index in [0.717, 1.165) is 71.7 Å². The smallest absolute Gasteiger partial charge is 0.406 e. The number of halogens is 6. The van der Waals surface area contributed by atoms with Crippen LogP contribution in [-0.2, 0) is 11.2 Å². The predicted molar refractivity (Wildman–Crippen MR) is 254 cm³/mol. The van der Waals surface area contributed by atoms with Crippen LogP contribution < -0.4 is 20.1 Å². The fourth-order valence-corrected chi connectivity index (χ4v) is 10.6. The van der Waals surface area contributed by atoms with Gasteiger partial charge in [-0.15, -0.1) is 26.3 Å². The molecule has 2 fully saturated rings. The van der Waals surface area contributed by atoms with Crippen molar-refractivity contribution in [2.45, 2.75) is 144 Å². The minimum Gasteiger partial charge on any atom is -0.406 e. The van der Waals surface area contributed by atoms with Gasteiger partial charge >= 0.3 is 12.7 Å². The number of rotatable bonds is 10. The second kappa shape index (κ2) is 18.4. The fraction of sp³-hybridized carbons (Fsp3) is 0.500. The van der Waals surface area contributed by atoms with Crippen LogP contribution in [0.3, 0.4) is 0 Å². The number of fused-ring (bicyclic) bond motifs is 2. The molecule has 2 saturated carbocycles. The van der Waals surface area contributed by atoms with Crippen molar-refractivity contribution in [1.82, 2.24) is 19.1 Å². The molecule has 4 N–H and O–H groups in total. The fourth-order valence-electron chi connectivity index (χ4n) is 10.6. The zero-order valence-electron chi connectivity index (χ0n) is 40.4. The molecule has 4 aromatic carbocycles. The molecular formula is C52H64F6N6O4. The maximum atomic E-state index is 12.5. The Morgan fingerprint density at radius 3 is 1.18 bits per heavy atom. The first-order valence-corrected chi connectivity index (χ1v) is 23.2. The maximum Gasteiger partial charge on any atom is 0.573 e. The molecule has 0 spiro atoms. The van der Waals surface area contributed by atoms with Gasteiger partial charge in [0.05, 0.1) is 33.3 Å². The van der Waals surface area contributed by atoms with Crippen molar-refractivity contribution in [2.75, 3.05) is 10.6 Å². The van der Waals surface area contributed by atoms with Crippen LogP contribution in [0.2, 0.25) is 0 Å². The van der Waals surface area contributed by atoms with Crippen molar-refractivity contribution in [2.24, 2.45) is 22.7 Å². The second-order valence-corrected chi connectivity index (χ2v) is 21.7. The SMILES string of the molecule is C[C@@H]1C[C@H](n2c(Nc3ccc(OC(F)(F)F)cc3)nc3cc(C(C)(C)O)ccc32)CC(C)(C)C1.C[C@H]1C[C@@H](n2c(Nc3ccc(OC(F)(F)F)cc3)nc3cc(C(C)(C)O)ccc32)CC(C)(C)C1. The standard InChI is InChI=1S/2C26H32F3N3O2/c2*1-16-12-19(15-24(2,3)14-16)32-22-11-6-17(25(4,5)33)13-21(22)31-23(32)30-18-7-9-20(10-8-18)34-26(27,28)29/h2*6-11,13,16,19,33H,12,14-15H2,1-5H3,(H,30,31)/t2*16-,19+/m10/s1. The number of hydrogen-bond acceptors (Lipinski definition) is 8. The Balaban J connectivity index is 0.000000201. The molecule has 8 rings (SSSR count). The quantitative estimate of drug-likeness (QED) is 0.100. The second-order valence-electron chi connectivity index (χ2n) is 21.7. The number of anilines is 4. The molecule has 68 heavy (non-hydrogen) atoms. The number of imidazole rings is 2. The van der Waals surface area contributed by atoms with E-state index in [4.69, 9.17) is 9.97 Å². The van der Waals surface area contributed by atoms with Gasteiger partial charge in [-0.3, -0.25) is 0 Å². The molecule has 2 aliphatic carbocycles. The molecule has 0 radical (unpaired) electrons. The number of benzene rings is 4. The van der Waals surface area contributed by atoms with Crippen molar-refractivity contribution in [1.29, 1.82) is 0 Å². The van der Waals surface area contributed by atoms with E-state index in [1.165, 1.54) is 24.3 Å². The van der Waals surface area contributed by atoms with Crippen LogP contribution in [0.1, 0.15) is 131 Å². The Bertz CT molecular complexity index is 2510. The summed E-state index contributed by atoms with van der Waals surface area (Å²) in [7, 11) is 0. The summed E-state index contributed by atoms with van der Waals surface area (Å²) in [5.74, 6) is 1.81. The topological polar surface area (TPSA) is 119 Å². The summed E-state index contributed by atoms with van der Waals surface area (Å²) in [5.41, 5.74) is 4.55. The number of alkyl halides is 6. The number of nitrogens with zero attached hydrogens (tertiary/aromatic N) is 4. The first-order chi connectivity index (χ1) is 31.4. The third-order valence-electron chi connectivity index (χ3n) is 12.9. The van der Waals surface area contributed by atoms with Crippen LogP contribution in [0, 0.1) is 22.7 Å². The molecule has 6 aromatic rings. The van der Waals surface area contributed by atoms with Gasteiger partial charge < -0.3 is 39.5 Å². The average Bonchev–Trinajstić information content (AvgIpc) is 3.73. The molecule has 0 amide bonds. The van der Waals surface area contributed by atoms with E-state index in [0.29, 0.717) is 35.1 Å². The molecule has 0 bridgehead atoms. The van der Waals surface area contributed by atoms with Gasteiger partial charge in [0, 0.05) is 23.5 Å². The average molecular weight is 951 g/mol. The third-order valence-corrected chi connectivity index (χ3v) is 12.9. The molecule has 2 heterocycles. The number of nitrogens with one attached hydrogen (secondary N) is 2. The summed E-state index contributed by atoms with van der Waals surface area (Å²) < 4.78 is 87.4. The van der Waals surface area contributed by atoms with Crippen LogP contribution in [0.25, 0.3) is 22.1 Å². The van der Waals surface area contributed by atoms with Gasteiger partial charge in [0.1, 0.15) is 11.5 Å². The minimum absolute atomic E-state index is 0.180. The van der Waals surface area contributed by atoms with Crippen LogP contribution in [-0.4, -0.2) is 42.0 Å². The zero-order chi connectivity index (χ0) is 49.8. The first kappa shape index (κ1) is 50.4. The summed E-state index contributed by atoms with van der Waals surface area (Å²) in [6, 6.07) is 23.3. The molecule has 0 saturated heterocycles. The number of aliphatic hydroxyl groups is 2. The number of hydrogen-bond donors (Lipinski definition) is 4. The Hall–Kier alpha value is -5.48. The molecule has 4 atom stereocenters. The van der Waals surface area contributed by atoms with E-state index in [1.54, 1.807) is 52.0 Å². The van der Waals surface area contributed by atoms with Gasteiger partial charge in [0.2, 0.25) is 11.9 Å². The molecular weight excluding hydrogens is 887 g/mol. The minimum atomic E-state index is -4.73. The summed E-state index contributed by atoms with van der Waals surface area (Å²) in [4.78, 5) is 9.68. The normalized spacial score (nSPS) is 21.0. The van der Waals surface area contributed by atoms with Gasteiger partial charge in [0.25, 0.3) is 0 Å². The van der Waals surface area contributed by atoms with Crippen LogP contribution in [0.5, 0.6) is 11.5 Å². The number of aromatic nitrogens is 4. The predicted octanol–water partition coefficient (Wildman–Crippen LogP) is 14.6. The van der Waals surface area contributed by atoms with Gasteiger partial charge in [0.15, 0.2) is 0 Å². The summed E-state index contributed by atoms with van der Waals surface area (Å²) in [6.07, 6.45) is -3.15. The van der Waals surface area contributed by atoms with Crippen molar-refractivity contribution in [3.63, 3.8) is 0 Å². The summed E-state index contributed by atoms with van der Waals surface area (Å²) >= 11 is 0. The molecule has 0 aliphatic heterocycles. The van der Waals surface area contributed by atoms with Gasteiger partial charge in [-0.1, -0.05) is 53.7 Å². The van der Waals surface area contributed by atoms with Crippen LogP contribution in [0.15, 0.2) is 84.9 Å². The van der Waals surface area contributed by atoms with Crippen LogP contribution >= 0.6 is 0 Å². The molecule has 10 nitrogen and oxygen atoms in total. The van der Waals surface area contributed by atoms with Gasteiger partial charge in [-0.25, -0.2) is 9.97 Å². The highest BCUT2D eigenvalue weighted by molar-refractivity contribution is 5.82. The van der Waals surface area contributed by atoms with Crippen LogP contribution in [0.4, 0.5) is 49.6 Å². The maximum absolute atomic E-state index is 12.5. The largest absolute Gasteiger partial charge is 0.573 e. The highest BCUT2D eigenvalue weighted by atomic mass is 19.4. The highest BCUT2D eigenvalue weighted by Gasteiger charge is 2.37. The van der Waals surface area contributed by atoms with E-state index >= 15 is 0 Å². The third kappa shape index (κ3) is 12.6. The lowest BCUT2D eigenvalue weighted by Crippen LogP contribution is -2.29. The monoisotopic (exact) mass is 950 g/mol. The van der Waals surface area contributed by atoms with Crippen molar-refractivity contribution < 1.29 is 46.0 Å². The summed E-state index contributed by atoms with van der Waals surface area (Å²) in [5, 5.41) is 27.6. The van der Waals surface area contributed by atoms with E-state index in [1.807, 2.05) is 36.4 Å². The van der Waals surface area contributed by atoms with E-state index < -0.39 is 23.9 Å². The lowest BCUT2D eigenvalue weighted by atomic mass is 9.70. The van der Waals surface area contributed by atoms with Gasteiger partial charge in [-0.05, 0) is 173 Å². The Morgan fingerprint density at radius 2 is 0.882 bits per heavy atom. The van der Waals surface area contributed by atoms with Crippen molar-refractivity contribution in [3.05, 3.63) is 96.1 Å². The lowest BCUT2D eigenvalue weighted by Gasteiger charge is -2.40. The molecule has 0 unspecified atom stereocenters. The summed E-state index contributed by atoms with van der Waals surface area (Å²) in [6.45, 7) is 20.6. The Morgan fingerprint density at radius 1 is 0.544 bits per heavy atom. The Kier molecular flexibility index (Phi) is 13.7. The van der Waals surface area contributed by atoms with E-state index in [2.05, 4.69) is 70.8 Å². The lowest BCUT2D eigenvalue weighted by molar-refractivity contribution is -0.275. The van der Waals surface area contributed by atoms with Gasteiger partial charge in [-0.2, -0.15) is 0 Å².